The molecule has 0 fully saturated rings. The van der Waals surface area contributed by atoms with E-state index in [1.807, 2.05) is 0 Å². The first-order chi connectivity index (χ1) is 13.5. The van der Waals surface area contributed by atoms with Crippen LogP contribution in [0.5, 0.6) is 0 Å². The Bertz CT molecular complexity index is 1230. The van der Waals surface area contributed by atoms with Gasteiger partial charge in [-0.3, -0.25) is 9.59 Å². The van der Waals surface area contributed by atoms with Crippen LogP contribution in [-0.2, 0) is 7.05 Å². The Morgan fingerprint density at radius 2 is 1.96 bits per heavy atom. The van der Waals surface area contributed by atoms with Gasteiger partial charge in [0.25, 0.3) is 11.5 Å². The predicted octanol–water partition coefficient (Wildman–Crippen LogP) is 2.32. The van der Waals surface area contributed by atoms with Crippen LogP contribution in [0.25, 0.3) is 10.8 Å². The molecule has 0 aliphatic heterocycles. The molecule has 0 aliphatic carbocycles. The summed E-state index contributed by atoms with van der Waals surface area (Å²) in [4.78, 5) is 29.3. The number of hydrogen-bond donors (Lipinski definition) is 2. The van der Waals surface area contributed by atoms with Crippen LogP contribution in [-0.4, -0.2) is 25.7 Å². The summed E-state index contributed by atoms with van der Waals surface area (Å²) < 4.78 is 15.5. The zero-order chi connectivity index (χ0) is 19.7. The Kier molecular flexibility index (Phi) is 4.44. The van der Waals surface area contributed by atoms with Gasteiger partial charge in [-0.05, 0) is 23.8 Å². The lowest BCUT2D eigenvalue weighted by Crippen LogP contribution is -2.32. The molecule has 0 bridgehead atoms. The van der Waals surface area contributed by atoms with Crippen molar-refractivity contribution in [3.63, 3.8) is 0 Å². The second-order valence-corrected chi connectivity index (χ2v) is 6.30. The van der Waals surface area contributed by atoms with Crippen LogP contribution >= 0.6 is 0 Å². The number of carbonyl (C=O) groups is 1. The summed E-state index contributed by atoms with van der Waals surface area (Å²) in [5, 5.41) is 9.92. The monoisotopic (exact) mass is 377 g/mol. The van der Waals surface area contributed by atoms with E-state index in [2.05, 4.69) is 20.5 Å². The third kappa shape index (κ3) is 3.16. The van der Waals surface area contributed by atoms with Crippen molar-refractivity contribution >= 4 is 16.7 Å². The Morgan fingerprint density at radius 3 is 2.68 bits per heavy atom. The number of nitrogens with zero attached hydrogens (tertiary/aromatic N) is 3. The first-order valence-corrected chi connectivity index (χ1v) is 8.55. The maximum atomic E-state index is 13.8. The smallest absolute Gasteiger partial charge is 0.273 e. The van der Waals surface area contributed by atoms with E-state index >= 15 is 0 Å². The van der Waals surface area contributed by atoms with E-state index < -0.39 is 17.8 Å². The zero-order valence-corrected chi connectivity index (χ0v) is 14.9. The number of aryl methyl sites for hydroxylation is 1. The molecule has 0 saturated carbocycles. The molecule has 4 aromatic rings. The second-order valence-electron chi connectivity index (χ2n) is 6.30. The van der Waals surface area contributed by atoms with E-state index in [4.69, 9.17) is 0 Å². The summed E-state index contributed by atoms with van der Waals surface area (Å²) in [5.41, 5.74) is 0.236. The van der Waals surface area contributed by atoms with E-state index in [1.165, 1.54) is 12.1 Å². The van der Waals surface area contributed by atoms with Gasteiger partial charge in [0.15, 0.2) is 5.69 Å². The van der Waals surface area contributed by atoms with Gasteiger partial charge in [0.2, 0.25) is 0 Å². The minimum absolute atomic E-state index is 0.0748. The second kappa shape index (κ2) is 7.07. The van der Waals surface area contributed by atoms with Gasteiger partial charge < -0.3 is 9.88 Å². The molecule has 0 saturated heterocycles. The molecule has 0 aliphatic rings. The van der Waals surface area contributed by atoms with Crippen molar-refractivity contribution in [2.24, 2.45) is 7.05 Å². The fourth-order valence-electron chi connectivity index (χ4n) is 3.13. The number of fused-ring (bicyclic) bond motifs is 1. The maximum Gasteiger partial charge on any atom is 0.273 e. The summed E-state index contributed by atoms with van der Waals surface area (Å²) in [6.07, 6.45) is 3.34. The average Bonchev–Trinajstić information content (AvgIpc) is 3.12. The number of rotatable bonds is 4. The van der Waals surface area contributed by atoms with Crippen LogP contribution in [0.2, 0.25) is 0 Å². The Labute approximate surface area is 158 Å². The van der Waals surface area contributed by atoms with E-state index in [9.17, 15) is 14.0 Å². The van der Waals surface area contributed by atoms with Crippen LogP contribution in [0.3, 0.4) is 0 Å². The van der Waals surface area contributed by atoms with Gasteiger partial charge in [-0.25, -0.2) is 14.5 Å². The van der Waals surface area contributed by atoms with Crippen LogP contribution in [0.4, 0.5) is 4.39 Å². The van der Waals surface area contributed by atoms with Crippen molar-refractivity contribution in [1.29, 1.82) is 0 Å². The normalized spacial score (nSPS) is 12.1. The third-order valence-electron chi connectivity index (χ3n) is 4.49. The molecule has 8 heteroatoms. The molecule has 2 aromatic carbocycles. The number of aromatic amines is 1. The molecular formula is C20H16FN5O2. The fourth-order valence-corrected chi connectivity index (χ4v) is 3.13. The number of H-pyrrole nitrogens is 1. The zero-order valence-electron chi connectivity index (χ0n) is 14.9. The lowest BCUT2D eigenvalue weighted by molar-refractivity contribution is 0.0937. The third-order valence-corrected chi connectivity index (χ3v) is 4.49. The number of imidazole rings is 1. The van der Waals surface area contributed by atoms with Gasteiger partial charge >= 0.3 is 0 Å². The van der Waals surface area contributed by atoms with Crippen molar-refractivity contribution in [1.82, 2.24) is 25.1 Å². The van der Waals surface area contributed by atoms with Crippen LogP contribution in [0.15, 0.2) is 65.7 Å². The van der Waals surface area contributed by atoms with Gasteiger partial charge in [0.05, 0.1) is 5.39 Å². The highest BCUT2D eigenvalue weighted by Crippen LogP contribution is 2.22. The number of amides is 1. The Balaban J connectivity index is 1.78. The average molecular weight is 377 g/mol. The van der Waals surface area contributed by atoms with Crippen molar-refractivity contribution in [2.75, 3.05) is 0 Å². The topological polar surface area (TPSA) is 92.7 Å². The van der Waals surface area contributed by atoms with Gasteiger partial charge in [-0.15, -0.1) is 0 Å². The first-order valence-electron chi connectivity index (χ1n) is 8.55. The summed E-state index contributed by atoms with van der Waals surface area (Å²) in [6, 6.07) is 12.0. The molecule has 140 valence electrons. The number of carbonyl (C=O) groups excluding carboxylic acids is 1. The molecule has 28 heavy (non-hydrogen) atoms. The number of halogens is 1. The molecule has 2 N–H and O–H groups in total. The summed E-state index contributed by atoms with van der Waals surface area (Å²) in [7, 11) is 1.79. The van der Waals surface area contributed by atoms with Crippen molar-refractivity contribution < 1.29 is 9.18 Å². The number of nitrogens with one attached hydrogen (secondary N) is 2. The highest BCUT2D eigenvalue weighted by Gasteiger charge is 2.24. The molecule has 1 amide bonds. The minimum atomic E-state index is -0.698. The number of hydrogen-bond acceptors (Lipinski definition) is 4. The molecule has 0 spiro atoms. The number of benzene rings is 2. The fraction of sp³-hybridized carbons (Fsp3) is 0.100. The van der Waals surface area contributed by atoms with E-state index in [0.29, 0.717) is 22.2 Å². The molecule has 1 atom stereocenters. The molecule has 4 rings (SSSR count). The van der Waals surface area contributed by atoms with Crippen molar-refractivity contribution in [2.45, 2.75) is 6.04 Å². The van der Waals surface area contributed by atoms with Crippen LogP contribution in [0.1, 0.15) is 27.9 Å². The summed E-state index contributed by atoms with van der Waals surface area (Å²) >= 11 is 0. The highest BCUT2D eigenvalue weighted by atomic mass is 19.1. The Morgan fingerprint density at radius 1 is 1.18 bits per heavy atom. The summed E-state index contributed by atoms with van der Waals surface area (Å²) in [5.74, 6) is -0.393. The SMILES string of the molecule is Cn1ccnc1[C@H](NC(=O)c1n[nH]c(=O)c2ccccc12)c1cccc(F)c1. The molecule has 0 unspecified atom stereocenters. The molecule has 2 heterocycles. The minimum Gasteiger partial charge on any atom is -0.337 e. The maximum absolute atomic E-state index is 13.8. The standard InChI is InChI=1S/C20H16FN5O2/c1-26-10-9-22-18(26)16(12-5-4-6-13(21)11-12)23-20(28)17-14-7-2-3-8-15(14)19(27)25-24-17/h2-11,16H,1H3,(H,23,28)(H,25,27)/t16-/m1/s1. The lowest BCUT2D eigenvalue weighted by Gasteiger charge is -2.19. The molecule has 7 nitrogen and oxygen atoms in total. The van der Waals surface area contributed by atoms with Crippen molar-refractivity contribution in [3.05, 3.63) is 94.2 Å². The summed E-state index contributed by atoms with van der Waals surface area (Å²) in [6.45, 7) is 0. The van der Waals surface area contributed by atoms with E-state index in [-0.39, 0.29) is 11.3 Å². The van der Waals surface area contributed by atoms with Crippen molar-refractivity contribution in [3.8, 4) is 0 Å². The quantitative estimate of drug-likeness (QED) is 0.571. The van der Waals surface area contributed by atoms with Gasteiger partial charge in [-0.2, -0.15) is 5.10 Å². The first kappa shape index (κ1) is 17.6. The lowest BCUT2D eigenvalue weighted by atomic mass is 10.0. The van der Waals surface area contributed by atoms with Gasteiger partial charge in [0.1, 0.15) is 17.7 Å². The number of aromatic nitrogens is 4. The van der Waals surface area contributed by atoms with Crippen LogP contribution in [0, 0.1) is 5.82 Å². The van der Waals surface area contributed by atoms with Gasteiger partial charge in [-0.1, -0.05) is 30.3 Å². The van der Waals surface area contributed by atoms with E-state index in [0.717, 1.165) is 0 Å². The van der Waals surface area contributed by atoms with Gasteiger partial charge in [0, 0.05) is 24.8 Å². The molecule has 2 aromatic heterocycles. The highest BCUT2D eigenvalue weighted by molar-refractivity contribution is 6.04. The molecular weight excluding hydrogens is 361 g/mol. The predicted molar refractivity (Wildman–Crippen MR) is 101 cm³/mol. The Hall–Kier alpha value is -3.81. The van der Waals surface area contributed by atoms with Crippen LogP contribution < -0.4 is 10.9 Å². The molecule has 0 radical (unpaired) electrons. The largest absolute Gasteiger partial charge is 0.337 e. The van der Waals surface area contributed by atoms with E-state index in [1.54, 1.807) is 60.4 Å².